The van der Waals surface area contributed by atoms with Crippen LogP contribution in [-0.2, 0) is 32.7 Å². The third-order valence-electron chi connectivity index (χ3n) is 4.69. The molecule has 0 saturated carbocycles. The first-order valence-electron chi connectivity index (χ1n) is 10.0. The first-order valence-corrected chi connectivity index (χ1v) is 11.4. The molecule has 31 heavy (non-hydrogen) atoms. The van der Waals surface area contributed by atoms with Crippen LogP contribution >= 0.6 is 0 Å². The molecule has 1 heterocycles. The van der Waals surface area contributed by atoms with Crippen LogP contribution in [-0.4, -0.2) is 48.2 Å². The number of pyridine rings is 1. The number of nitrogens with one attached hydrogen (secondary N) is 2. The van der Waals surface area contributed by atoms with Gasteiger partial charge in [0.05, 0.1) is 4.90 Å². The molecule has 0 spiro atoms. The smallest absolute Gasteiger partial charge is 0.251 e. The van der Waals surface area contributed by atoms with Crippen molar-refractivity contribution in [3.8, 4) is 0 Å². The van der Waals surface area contributed by atoms with E-state index in [2.05, 4.69) is 10.6 Å². The van der Waals surface area contributed by atoms with Crippen LogP contribution in [0.3, 0.4) is 0 Å². The zero-order chi connectivity index (χ0) is 23.0. The number of hydrogen-bond acceptors (Lipinski definition) is 5. The van der Waals surface area contributed by atoms with E-state index in [4.69, 9.17) is 0 Å². The monoisotopic (exact) mass is 448 g/mol. The Kier molecular flexibility index (Phi) is 8.52. The van der Waals surface area contributed by atoms with Gasteiger partial charge in [-0.2, -0.15) is 4.31 Å². The maximum Gasteiger partial charge on any atom is 0.251 e. The molecule has 0 fully saturated rings. The highest BCUT2D eigenvalue weighted by molar-refractivity contribution is 7.89. The Morgan fingerprint density at radius 1 is 1.06 bits per heavy atom. The lowest BCUT2D eigenvalue weighted by Crippen LogP contribution is -2.46. The Morgan fingerprint density at radius 2 is 1.71 bits per heavy atom. The second-order valence-electron chi connectivity index (χ2n) is 6.91. The lowest BCUT2D eigenvalue weighted by Gasteiger charge is -2.19. The minimum absolute atomic E-state index is 0.0720. The molecule has 168 valence electrons. The minimum atomic E-state index is -3.77. The molecule has 2 amide bonds. The molecule has 0 radical (unpaired) electrons. The molecule has 0 bridgehead atoms. The lowest BCUT2D eigenvalue weighted by atomic mass is 10.2. The lowest BCUT2D eigenvalue weighted by molar-refractivity contribution is -0.129. The van der Waals surface area contributed by atoms with Crippen molar-refractivity contribution in [1.29, 1.82) is 0 Å². The highest BCUT2D eigenvalue weighted by Crippen LogP contribution is 2.13. The Balaban J connectivity index is 2.03. The Morgan fingerprint density at radius 3 is 2.32 bits per heavy atom. The Labute approximate surface area is 182 Å². The summed E-state index contributed by atoms with van der Waals surface area (Å²) in [5.41, 5.74) is 0.405. The Bertz CT molecular complexity index is 1060. The van der Waals surface area contributed by atoms with Gasteiger partial charge in [-0.1, -0.05) is 44.2 Å². The summed E-state index contributed by atoms with van der Waals surface area (Å²) in [6.07, 6.45) is 1.15. The van der Waals surface area contributed by atoms with Crippen LogP contribution in [0.25, 0.3) is 0 Å². The molecule has 2 aromatic rings. The van der Waals surface area contributed by atoms with Gasteiger partial charge in [0.15, 0.2) is 0 Å². The van der Waals surface area contributed by atoms with Crippen LogP contribution in [0.4, 0.5) is 0 Å². The minimum Gasteiger partial charge on any atom is -0.350 e. The number of carbonyl (C=O) groups is 2. The molecule has 1 unspecified atom stereocenters. The van der Waals surface area contributed by atoms with E-state index in [-0.39, 0.29) is 23.9 Å². The van der Waals surface area contributed by atoms with Crippen molar-refractivity contribution in [3.05, 3.63) is 64.6 Å². The van der Waals surface area contributed by atoms with Crippen LogP contribution in [0.15, 0.2) is 58.4 Å². The molecule has 1 aromatic carbocycles. The fraction of sp³-hybridized carbons (Fsp3) is 0.381. The number of rotatable bonds is 10. The van der Waals surface area contributed by atoms with Crippen molar-refractivity contribution >= 4 is 21.8 Å². The van der Waals surface area contributed by atoms with E-state index in [0.717, 1.165) is 22.4 Å². The Hall–Kier alpha value is -2.98. The van der Waals surface area contributed by atoms with Crippen molar-refractivity contribution in [2.45, 2.75) is 44.8 Å². The normalized spacial score (nSPS) is 12.4. The molecular weight excluding hydrogens is 420 g/mol. The van der Waals surface area contributed by atoms with Gasteiger partial charge in [0, 0.05) is 31.9 Å². The van der Waals surface area contributed by atoms with Crippen molar-refractivity contribution in [1.82, 2.24) is 19.5 Å². The summed E-state index contributed by atoms with van der Waals surface area (Å²) < 4.78 is 27.6. The molecule has 0 aliphatic heterocycles. The van der Waals surface area contributed by atoms with Gasteiger partial charge in [0.25, 0.3) is 5.56 Å². The summed E-state index contributed by atoms with van der Waals surface area (Å²) in [5, 5.41) is 5.25. The number of carbonyl (C=O) groups excluding carboxylic acids is 2. The van der Waals surface area contributed by atoms with Crippen molar-refractivity contribution in [3.63, 3.8) is 0 Å². The van der Waals surface area contributed by atoms with Gasteiger partial charge in [-0.3, -0.25) is 14.4 Å². The molecule has 0 aliphatic carbocycles. The number of nitrogens with zero attached hydrogens (tertiary/aromatic N) is 2. The predicted octanol–water partition coefficient (Wildman–Crippen LogP) is 0.700. The van der Waals surface area contributed by atoms with Gasteiger partial charge in [-0.15, -0.1) is 0 Å². The van der Waals surface area contributed by atoms with E-state index in [1.165, 1.54) is 17.3 Å². The number of benzene rings is 1. The average Bonchev–Trinajstić information content (AvgIpc) is 2.74. The largest absolute Gasteiger partial charge is 0.350 e. The molecule has 1 atom stereocenters. The van der Waals surface area contributed by atoms with E-state index in [1.54, 1.807) is 13.8 Å². The van der Waals surface area contributed by atoms with E-state index < -0.39 is 34.1 Å². The van der Waals surface area contributed by atoms with Gasteiger partial charge in [0.2, 0.25) is 21.8 Å². The van der Waals surface area contributed by atoms with E-state index in [9.17, 15) is 22.8 Å². The first-order chi connectivity index (χ1) is 14.7. The molecule has 1 aromatic heterocycles. The van der Waals surface area contributed by atoms with E-state index in [0.29, 0.717) is 6.54 Å². The third-order valence-corrected chi connectivity index (χ3v) is 6.73. The second kappa shape index (κ2) is 10.9. The van der Waals surface area contributed by atoms with Gasteiger partial charge in [-0.05, 0) is 18.6 Å². The quantitative estimate of drug-likeness (QED) is 0.555. The van der Waals surface area contributed by atoms with Gasteiger partial charge < -0.3 is 15.2 Å². The number of aromatic nitrogens is 1. The first kappa shape index (κ1) is 24.3. The maximum absolute atomic E-state index is 12.7. The van der Waals surface area contributed by atoms with Gasteiger partial charge in [-0.25, -0.2) is 8.42 Å². The molecule has 2 rings (SSSR count). The van der Waals surface area contributed by atoms with Crippen LogP contribution in [0.1, 0.15) is 26.3 Å². The number of hydrogen-bond donors (Lipinski definition) is 2. The molecule has 0 aliphatic rings. The van der Waals surface area contributed by atoms with Crippen molar-refractivity contribution in [2.75, 3.05) is 13.1 Å². The zero-order valence-electron chi connectivity index (χ0n) is 17.9. The summed E-state index contributed by atoms with van der Waals surface area (Å²) in [6, 6.07) is 10.8. The van der Waals surface area contributed by atoms with Crippen LogP contribution in [0.5, 0.6) is 0 Å². The van der Waals surface area contributed by atoms with Crippen molar-refractivity contribution in [2.24, 2.45) is 0 Å². The molecule has 0 saturated heterocycles. The summed E-state index contributed by atoms with van der Waals surface area (Å²) in [6.45, 7) is 5.45. The van der Waals surface area contributed by atoms with Gasteiger partial charge >= 0.3 is 0 Å². The van der Waals surface area contributed by atoms with Crippen molar-refractivity contribution < 1.29 is 18.0 Å². The maximum atomic E-state index is 12.7. The fourth-order valence-corrected chi connectivity index (χ4v) is 4.42. The summed E-state index contributed by atoms with van der Waals surface area (Å²) in [5.74, 6) is -0.954. The van der Waals surface area contributed by atoms with Crippen LogP contribution in [0.2, 0.25) is 0 Å². The highest BCUT2D eigenvalue weighted by atomic mass is 32.2. The summed E-state index contributed by atoms with van der Waals surface area (Å²) in [7, 11) is -3.77. The average molecular weight is 449 g/mol. The van der Waals surface area contributed by atoms with Gasteiger partial charge in [0.1, 0.15) is 12.6 Å². The van der Waals surface area contributed by atoms with Crippen LogP contribution < -0.4 is 16.2 Å². The summed E-state index contributed by atoms with van der Waals surface area (Å²) in [4.78, 5) is 36.6. The topological polar surface area (TPSA) is 118 Å². The summed E-state index contributed by atoms with van der Waals surface area (Å²) >= 11 is 0. The highest BCUT2D eigenvalue weighted by Gasteiger charge is 2.23. The van der Waals surface area contributed by atoms with E-state index >= 15 is 0 Å². The third kappa shape index (κ3) is 6.50. The number of amides is 2. The fourth-order valence-electron chi connectivity index (χ4n) is 2.94. The zero-order valence-corrected chi connectivity index (χ0v) is 18.7. The SMILES string of the molecule is CCN(CC)S(=O)(=O)c1ccc(=O)n(CC(=O)NC(C)C(=O)NCc2ccccc2)c1. The standard InChI is InChI=1S/C21H28N4O5S/c1-4-25(5-2)31(29,30)18-11-12-20(27)24(14-18)15-19(26)23-16(3)21(28)22-13-17-9-7-6-8-10-17/h6-12,14,16H,4-5,13,15H2,1-3H3,(H,22,28)(H,23,26). The van der Waals surface area contributed by atoms with E-state index in [1.807, 2.05) is 30.3 Å². The molecule has 9 nitrogen and oxygen atoms in total. The van der Waals surface area contributed by atoms with Crippen LogP contribution in [0, 0.1) is 0 Å². The number of sulfonamides is 1. The molecule has 10 heteroatoms. The molecular formula is C21H28N4O5S. The molecule has 2 N–H and O–H groups in total. The predicted molar refractivity (Wildman–Crippen MR) is 117 cm³/mol. The second-order valence-corrected chi connectivity index (χ2v) is 8.85.